The van der Waals surface area contributed by atoms with E-state index in [-0.39, 0.29) is 36.7 Å². The van der Waals surface area contributed by atoms with E-state index in [0.29, 0.717) is 10.6 Å². The Morgan fingerprint density at radius 2 is 1.91 bits per heavy atom. The highest BCUT2D eigenvalue weighted by molar-refractivity contribution is 6.31. The van der Waals surface area contributed by atoms with E-state index in [4.69, 9.17) is 27.8 Å². The van der Waals surface area contributed by atoms with E-state index in [0.717, 1.165) is 6.08 Å². The number of benzene rings is 1. The van der Waals surface area contributed by atoms with Gasteiger partial charge in [0, 0.05) is 17.1 Å². The summed E-state index contributed by atoms with van der Waals surface area (Å²) in [6.07, 6.45) is -6.39. The number of rotatable bonds is 7. The highest BCUT2D eigenvalue weighted by atomic mass is 35.5. The van der Waals surface area contributed by atoms with Crippen LogP contribution in [0.4, 0.5) is 13.2 Å². The first-order valence-electron chi connectivity index (χ1n) is 9.99. The third-order valence-corrected chi connectivity index (χ3v) is 5.17. The van der Waals surface area contributed by atoms with Crippen molar-refractivity contribution in [2.45, 2.75) is 57.3 Å². The van der Waals surface area contributed by atoms with Crippen molar-refractivity contribution in [2.24, 2.45) is 16.5 Å². The molecule has 1 heterocycles. The average Bonchev–Trinajstić information content (AvgIpc) is 2.66. The first kappa shape index (κ1) is 26.3. The molecule has 33 heavy (non-hydrogen) atoms. The maximum Gasteiger partial charge on any atom is 0.429 e. The Kier molecular flexibility index (Phi) is 7.89. The number of halogens is 4. The molecule has 0 aromatic heterocycles. The Bertz CT molecular complexity index is 983. The van der Waals surface area contributed by atoms with Crippen molar-refractivity contribution in [3.8, 4) is 5.75 Å². The quantitative estimate of drug-likeness (QED) is 0.263. The maximum atomic E-state index is 13.8. The van der Waals surface area contributed by atoms with Crippen LogP contribution in [-0.2, 0) is 15.0 Å². The number of carboxylic acids is 1. The standard InChI is InChI=1S/C21H26ClF3N4O4/c1-20(2,3)12-9-15-10(8-13(12)22)7-11(16(33-15)21(23,24)25)17(30)29-14(18(31)32)5-4-6-28-19(26)27/h7-9,14,16H,4-6H2,1-3H3,(H,29,30)(H,31,32)(H4,26,27,28)/t14?,16-/m0/s1. The summed E-state index contributed by atoms with van der Waals surface area (Å²) in [5.74, 6) is -2.88. The molecule has 12 heteroatoms. The van der Waals surface area contributed by atoms with Gasteiger partial charge in [0.25, 0.3) is 5.91 Å². The Labute approximate surface area is 193 Å². The van der Waals surface area contributed by atoms with E-state index >= 15 is 0 Å². The van der Waals surface area contributed by atoms with Crippen molar-refractivity contribution < 1.29 is 32.6 Å². The summed E-state index contributed by atoms with van der Waals surface area (Å²) in [6, 6.07) is 1.39. The largest absolute Gasteiger partial charge is 0.480 e. The number of carbonyl (C=O) groups excluding carboxylic acids is 1. The predicted molar refractivity (Wildman–Crippen MR) is 118 cm³/mol. The molecule has 6 N–H and O–H groups in total. The van der Waals surface area contributed by atoms with E-state index in [1.807, 2.05) is 20.8 Å². The van der Waals surface area contributed by atoms with Gasteiger partial charge in [-0.3, -0.25) is 9.79 Å². The predicted octanol–water partition coefficient (Wildman–Crippen LogP) is 2.97. The van der Waals surface area contributed by atoms with Crippen LogP contribution in [0.25, 0.3) is 6.08 Å². The van der Waals surface area contributed by atoms with Crippen LogP contribution in [0, 0.1) is 0 Å². The molecule has 0 saturated carbocycles. The Morgan fingerprint density at radius 1 is 1.27 bits per heavy atom. The summed E-state index contributed by atoms with van der Waals surface area (Å²) >= 11 is 6.30. The highest BCUT2D eigenvalue weighted by Gasteiger charge is 2.48. The number of fused-ring (bicyclic) bond motifs is 1. The van der Waals surface area contributed by atoms with E-state index < -0.39 is 41.2 Å². The molecular formula is C21H26ClF3N4O4. The molecule has 0 fully saturated rings. The van der Waals surface area contributed by atoms with Crippen LogP contribution in [0.2, 0.25) is 5.02 Å². The fourth-order valence-corrected chi connectivity index (χ4v) is 3.68. The molecule has 182 valence electrons. The van der Waals surface area contributed by atoms with Gasteiger partial charge >= 0.3 is 12.1 Å². The second-order valence-corrected chi connectivity index (χ2v) is 8.98. The van der Waals surface area contributed by atoms with Crippen LogP contribution < -0.4 is 21.5 Å². The zero-order valence-electron chi connectivity index (χ0n) is 18.3. The summed E-state index contributed by atoms with van der Waals surface area (Å²) in [4.78, 5) is 27.9. The molecule has 1 amide bonds. The van der Waals surface area contributed by atoms with Gasteiger partial charge in [0.1, 0.15) is 11.8 Å². The minimum atomic E-state index is -4.92. The first-order chi connectivity index (χ1) is 15.1. The molecule has 0 aliphatic carbocycles. The normalized spacial score (nSPS) is 16.7. The second-order valence-electron chi connectivity index (χ2n) is 8.57. The third-order valence-electron chi connectivity index (χ3n) is 4.85. The zero-order valence-corrected chi connectivity index (χ0v) is 19.0. The number of hydrogen-bond acceptors (Lipinski definition) is 4. The molecule has 2 atom stereocenters. The number of carboxylic acid groups (broad SMARTS) is 1. The summed E-state index contributed by atoms with van der Waals surface area (Å²) < 4.78 is 46.4. The number of guanidine groups is 1. The molecule has 2 rings (SSSR count). The molecule has 0 spiro atoms. The Morgan fingerprint density at radius 3 is 2.42 bits per heavy atom. The number of carbonyl (C=O) groups is 2. The van der Waals surface area contributed by atoms with Gasteiger partial charge in [-0.05, 0) is 42.0 Å². The number of nitrogens with one attached hydrogen (secondary N) is 1. The second kappa shape index (κ2) is 9.90. The van der Waals surface area contributed by atoms with E-state index in [1.54, 1.807) is 0 Å². The number of hydrogen-bond donors (Lipinski definition) is 4. The number of aliphatic carboxylic acids is 1. The molecule has 1 unspecified atom stereocenters. The van der Waals surface area contributed by atoms with Crippen LogP contribution >= 0.6 is 11.6 Å². The number of nitrogens with two attached hydrogens (primary N) is 2. The highest BCUT2D eigenvalue weighted by Crippen LogP contribution is 2.41. The van der Waals surface area contributed by atoms with Gasteiger partial charge in [0.15, 0.2) is 5.96 Å². The van der Waals surface area contributed by atoms with Crippen molar-refractivity contribution in [3.63, 3.8) is 0 Å². The molecule has 1 aromatic rings. The maximum absolute atomic E-state index is 13.8. The molecule has 0 saturated heterocycles. The Hall–Kier alpha value is -2.95. The van der Waals surface area contributed by atoms with Gasteiger partial charge in [-0.15, -0.1) is 0 Å². The molecule has 0 radical (unpaired) electrons. The lowest BCUT2D eigenvalue weighted by Crippen LogP contribution is -2.47. The smallest absolute Gasteiger partial charge is 0.429 e. The lowest BCUT2D eigenvalue weighted by molar-refractivity contribution is -0.185. The SMILES string of the molecule is CC(C)(C)c1cc2c(cc1Cl)C=C(C(=O)NC(CCCN=C(N)N)C(=O)O)[C@@H](C(F)(F)F)O2. The van der Waals surface area contributed by atoms with Crippen molar-refractivity contribution in [1.29, 1.82) is 0 Å². The van der Waals surface area contributed by atoms with Gasteiger partial charge in [-0.25, -0.2) is 4.79 Å². The number of alkyl halides is 3. The van der Waals surface area contributed by atoms with E-state index in [1.165, 1.54) is 12.1 Å². The lowest BCUT2D eigenvalue weighted by Gasteiger charge is -2.30. The van der Waals surface area contributed by atoms with Gasteiger partial charge in [-0.1, -0.05) is 32.4 Å². The van der Waals surface area contributed by atoms with E-state index in [2.05, 4.69) is 10.3 Å². The average molecular weight is 491 g/mol. The molecule has 8 nitrogen and oxygen atoms in total. The molecular weight excluding hydrogens is 465 g/mol. The summed E-state index contributed by atoms with van der Waals surface area (Å²) in [7, 11) is 0. The van der Waals surface area contributed by atoms with Gasteiger partial charge in [-0.2, -0.15) is 13.2 Å². The topological polar surface area (TPSA) is 140 Å². The van der Waals surface area contributed by atoms with Gasteiger partial charge in [0.05, 0.1) is 5.57 Å². The number of aliphatic imine (C=N–C) groups is 1. The van der Waals surface area contributed by atoms with Crippen molar-refractivity contribution in [2.75, 3.05) is 6.54 Å². The Balaban J connectivity index is 2.37. The van der Waals surface area contributed by atoms with Crippen LogP contribution in [0.5, 0.6) is 5.75 Å². The van der Waals surface area contributed by atoms with Crippen molar-refractivity contribution >= 4 is 35.5 Å². The molecule has 1 aromatic carbocycles. The lowest BCUT2D eigenvalue weighted by atomic mass is 9.85. The first-order valence-corrected chi connectivity index (χ1v) is 10.4. The van der Waals surface area contributed by atoms with Crippen LogP contribution in [-0.4, -0.2) is 47.8 Å². The van der Waals surface area contributed by atoms with E-state index in [9.17, 15) is 27.9 Å². The summed E-state index contributed by atoms with van der Waals surface area (Å²) in [5.41, 5.74) is 9.91. The fraction of sp³-hybridized carbons (Fsp3) is 0.476. The molecule has 0 bridgehead atoms. The van der Waals surface area contributed by atoms with Crippen molar-refractivity contribution in [1.82, 2.24) is 5.32 Å². The van der Waals surface area contributed by atoms with Crippen LogP contribution in [0.1, 0.15) is 44.7 Å². The number of nitrogens with zero attached hydrogens (tertiary/aromatic N) is 1. The van der Waals surface area contributed by atoms with Crippen LogP contribution in [0.15, 0.2) is 22.7 Å². The fourth-order valence-electron chi connectivity index (χ4n) is 3.22. The summed E-state index contributed by atoms with van der Waals surface area (Å²) in [5, 5.41) is 11.8. The van der Waals surface area contributed by atoms with Crippen LogP contribution in [0.3, 0.4) is 0 Å². The van der Waals surface area contributed by atoms with Crippen molar-refractivity contribution in [3.05, 3.63) is 33.9 Å². The number of amides is 1. The van der Waals surface area contributed by atoms with Gasteiger partial charge < -0.3 is 26.6 Å². The van der Waals surface area contributed by atoms with Gasteiger partial charge in [0.2, 0.25) is 6.10 Å². The zero-order chi connectivity index (χ0) is 25.1. The third kappa shape index (κ3) is 6.77. The molecule has 1 aliphatic rings. The number of ether oxygens (including phenoxy) is 1. The minimum Gasteiger partial charge on any atom is -0.480 e. The summed E-state index contributed by atoms with van der Waals surface area (Å²) in [6.45, 7) is 5.64. The molecule has 1 aliphatic heterocycles. The monoisotopic (exact) mass is 490 g/mol. The minimum absolute atomic E-state index is 0.0739.